The molecular weight excluding hydrogens is 308 g/mol. The number of nitrogens with zero attached hydrogens (tertiary/aromatic N) is 2. The number of para-hydroxylation sites is 2. The van der Waals surface area contributed by atoms with Crippen molar-refractivity contribution >= 4 is 28.4 Å². The van der Waals surface area contributed by atoms with Crippen molar-refractivity contribution in [3.05, 3.63) is 52.5 Å². The zero-order chi connectivity index (χ0) is 16.1. The van der Waals surface area contributed by atoms with Crippen LogP contribution in [-0.4, -0.2) is 28.7 Å². The van der Waals surface area contributed by atoms with Gasteiger partial charge in [0.05, 0.1) is 11.0 Å². The molecule has 5 nitrogen and oxygen atoms in total. The first-order chi connectivity index (χ1) is 11.2. The molecular formula is C17H20N4OS. The molecule has 2 heterocycles. The standard InChI is InChI=1S/C17H20N4OS/c1-13-20-15-6-2-3-7-16(15)21(13)11-10-19-17(22)18-9-8-14-5-4-12-23-14/h2-7,12H,8-11H2,1H3,(H2,18,19,22). The lowest BCUT2D eigenvalue weighted by Gasteiger charge is -2.09. The van der Waals surface area contributed by atoms with Gasteiger partial charge < -0.3 is 15.2 Å². The normalized spacial score (nSPS) is 10.8. The Morgan fingerprint density at radius 1 is 1.17 bits per heavy atom. The number of hydrogen-bond donors (Lipinski definition) is 2. The average molecular weight is 328 g/mol. The van der Waals surface area contributed by atoms with Gasteiger partial charge in [-0.3, -0.25) is 0 Å². The highest BCUT2D eigenvalue weighted by molar-refractivity contribution is 7.09. The Morgan fingerprint density at radius 2 is 2.00 bits per heavy atom. The molecule has 3 rings (SSSR count). The highest BCUT2D eigenvalue weighted by Gasteiger charge is 2.06. The number of thiophene rings is 1. The quantitative estimate of drug-likeness (QED) is 0.731. The molecule has 0 saturated carbocycles. The van der Waals surface area contributed by atoms with Gasteiger partial charge >= 0.3 is 6.03 Å². The highest BCUT2D eigenvalue weighted by Crippen LogP contribution is 2.14. The van der Waals surface area contributed by atoms with Crippen LogP contribution in [0.2, 0.25) is 0 Å². The van der Waals surface area contributed by atoms with Crippen LogP contribution in [0.15, 0.2) is 41.8 Å². The van der Waals surface area contributed by atoms with Crippen molar-refractivity contribution < 1.29 is 4.79 Å². The summed E-state index contributed by atoms with van der Waals surface area (Å²) in [5.74, 6) is 0.964. The van der Waals surface area contributed by atoms with E-state index >= 15 is 0 Å². The Morgan fingerprint density at radius 3 is 2.83 bits per heavy atom. The minimum Gasteiger partial charge on any atom is -0.338 e. The molecule has 0 fully saturated rings. The van der Waals surface area contributed by atoms with E-state index < -0.39 is 0 Å². The molecule has 0 bridgehead atoms. The molecule has 2 aromatic heterocycles. The number of nitrogens with one attached hydrogen (secondary N) is 2. The molecule has 120 valence electrons. The van der Waals surface area contributed by atoms with Gasteiger partial charge in [-0.1, -0.05) is 18.2 Å². The summed E-state index contributed by atoms with van der Waals surface area (Å²) in [5, 5.41) is 7.83. The number of benzene rings is 1. The average Bonchev–Trinajstić information content (AvgIpc) is 3.16. The smallest absolute Gasteiger partial charge is 0.314 e. The maximum Gasteiger partial charge on any atom is 0.314 e. The van der Waals surface area contributed by atoms with E-state index in [0.29, 0.717) is 19.6 Å². The topological polar surface area (TPSA) is 59.0 Å². The third-order valence-corrected chi connectivity index (χ3v) is 4.64. The highest BCUT2D eigenvalue weighted by atomic mass is 32.1. The van der Waals surface area contributed by atoms with Crippen molar-refractivity contribution in [3.63, 3.8) is 0 Å². The van der Waals surface area contributed by atoms with E-state index in [9.17, 15) is 4.79 Å². The number of carbonyl (C=O) groups is 1. The molecule has 0 saturated heterocycles. The third-order valence-electron chi connectivity index (χ3n) is 3.70. The fourth-order valence-corrected chi connectivity index (χ4v) is 3.28. The van der Waals surface area contributed by atoms with Gasteiger partial charge in [0.15, 0.2) is 0 Å². The molecule has 0 unspecified atom stereocenters. The maximum atomic E-state index is 11.8. The van der Waals surface area contributed by atoms with Crippen LogP contribution in [0.4, 0.5) is 4.79 Å². The van der Waals surface area contributed by atoms with Crippen LogP contribution in [0.3, 0.4) is 0 Å². The number of imidazole rings is 1. The molecule has 0 atom stereocenters. The fourth-order valence-electron chi connectivity index (χ4n) is 2.58. The van der Waals surface area contributed by atoms with Crippen LogP contribution in [-0.2, 0) is 13.0 Å². The van der Waals surface area contributed by atoms with Crippen molar-refractivity contribution in [2.45, 2.75) is 19.9 Å². The van der Waals surface area contributed by atoms with Gasteiger partial charge in [0.1, 0.15) is 5.82 Å². The first-order valence-electron chi connectivity index (χ1n) is 7.70. The zero-order valence-electron chi connectivity index (χ0n) is 13.1. The summed E-state index contributed by atoms with van der Waals surface area (Å²) < 4.78 is 2.13. The summed E-state index contributed by atoms with van der Waals surface area (Å²) in [5.41, 5.74) is 2.09. The van der Waals surface area contributed by atoms with Gasteiger partial charge in [0, 0.05) is 24.5 Å². The van der Waals surface area contributed by atoms with Crippen molar-refractivity contribution in [1.29, 1.82) is 0 Å². The van der Waals surface area contributed by atoms with Crippen LogP contribution in [0, 0.1) is 6.92 Å². The van der Waals surface area contributed by atoms with Crippen molar-refractivity contribution in [2.24, 2.45) is 0 Å². The van der Waals surface area contributed by atoms with Crippen LogP contribution >= 0.6 is 11.3 Å². The number of aryl methyl sites for hydroxylation is 1. The molecule has 0 aliphatic rings. The first-order valence-corrected chi connectivity index (χ1v) is 8.58. The molecule has 1 aromatic carbocycles. The monoisotopic (exact) mass is 328 g/mol. The Kier molecular flexibility index (Phi) is 4.92. The van der Waals surface area contributed by atoms with E-state index in [1.807, 2.05) is 36.6 Å². The largest absolute Gasteiger partial charge is 0.338 e. The van der Waals surface area contributed by atoms with Crippen molar-refractivity contribution in [2.75, 3.05) is 13.1 Å². The van der Waals surface area contributed by atoms with Gasteiger partial charge in [-0.15, -0.1) is 11.3 Å². The van der Waals surface area contributed by atoms with Crippen LogP contribution in [0.25, 0.3) is 11.0 Å². The first kappa shape index (κ1) is 15.6. The number of hydrogen-bond acceptors (Lipinski definition) is 3. The molecule has 3 aromatic rings. The summed E-state index contributed by atoms with van der Waals surface area (Å²) >= 11 is 1.71. The minimum absolute atomic E-state index is 0.122. The molecule has 2 N–H and O–H groups in total. The van der Waals surface area contributed by atoms with E-state index in [4.69, 9.17) is 0 Å². The second-order valence-corrected chi connectivity index (χ2v) is 6.34. The van der Waals surface area contributed by atoms with Crippen LogP contribution < -0.4 is 10.6 Å². The molecule has 0 aliphatic carbocycles. The van der Waals surface area contributed by atoms with Crippen molar-refractivity contribution in [1.82, 2.24) is 20.2 Å². The number of urea groups is 1. The second kappa shape index (κ2) is 7.28. The van der Waals surface area contributed by atoms with Gasteiger partial charge in [0.25, 0.3) is 0 Å². The van der Waals surface area contributed by atoms with Crippen molar-refractivity contribution in [3.8, 4) is 0 Å². The molecule has 2 amide bonds. The Labute approximate surface area is 139 Å². The van der Waals surface area contributed by atoms with Crippen LogP contribution in [0.5, 0.6) is 0 Å². The number of amides is 2. The molecule has 23 heavy (non-hydrogen) atoms. The van der Waals surface area contributed by atoms with E-state index in [1.165, 1.54) is 4.88 Å². The lowest BCUT2D eigenvalue weighted by Crippen LogP contribution is -2.38. The van der Waals surface area contributed by atoms with Crippen LogP contribution in [0.1, 0.15) is 10.7 Å². The Balaban J connectivity index is 1.45. The summed E-state index contributed by atoms with van der Waals surface area (Å²) in [6.07, 6.45) is 0.871. The summed E-state index contributed by atoms with van der Waals surface area (Å²) in [7, 11) is 0. The van der Waals surface area contributed by atoms with E-state index in [1.54, 1.807) is 11.3 Å². The molecule has 0 spiro atoms. The zero-order valence-corrected chi connectivity index (χ0v) is 13.9. The summed E-state index contributed by atoms with van der Waals surface area (Å²) in [4.78, 5) is 17.6. The Bertz CT molecular complexity index is 779. The molecule has 0 radical (unpaired) electrons. The number of fused-ring (bicyclic) bond motifs is 1. The van der Waals surface area contributed by atoms with Gasteiger partial charge in [-0.2, -0.15) is 0 Å². The van der Waals surface area contributed by atoms with Gasteiger partial charge in [0.2, 0.25) is 0 Å². The van der Waals surface area contributed by atoms with E-state index in [0.717, 1.165) is 23.3 Å². The summed E-state index contributed by atoms with van der Waals surface area (Å²) in [6.45, 7) is 3.93. The maximum absolute atomic E-state index is 11.8. The fraction of sp³-hybridized carbons (Fsp3) is 0.294. The minimum atomic E-state index is -0.122. The lowest BCUT2D eigenvalue weighted by atomic mass is 10.3. The van der Waals surface area contributed by atoms with E-state index in [-0.39, 0.29) is 6.03 Å². The molecule has 6 heteroatoms. The number of aromatic nitrogens is 2. The van der Waals surface area contributed by atoms with Gasteiger partial charge in [-0.05, 0) is 36.9 Å². The SMILES string of the molecule is Cc1nc2ccccc2n1CCNC(=O)NCCc1cccs1. The number of rotatable bonds is 6. The second-order valence-electron chi connectivity index (χ2n) is 5.31. The predicted octanol–water partition coefficient (Wildman–Crippen LogP) is 2.95. The Hall–Kier alpha value is -2.34. The van der Waals surface area contributed by atoms with Gasteiger partial charge in [-0.25, -0.2) is 9.78 Å². The predicted molar refractivity (Wildman–Crippen MR) is 93.9 cm³/mol. The lowest BCUT2D eigenvalue weighted by molar-refractivity contribution is 0.240. The molecule has 0 aliphatic heterocycles. The number of carbonyl (C=O) groups excluding carboxylic acids is 1. The summed E-state index contributed by atoms with van der Waals surface area (Å²) in [6, 6.07) is 12.0. The van der Waals surface area contributed by atoms with E-state index in [2.05, 4.69) is 32.3 Å². The third kappa shape index (κ3) is 3.90.